The Kier molecular flexibility index (Phi) is 4.30. The van der Waals surface area contributed by atoms with Crippen molar-refractivity contribution < 1.29 is 4.74 Å². The van der Waals surface area contributed by atoms with Crippen LogP contribution in [0, 0.1) is 0 Å². The van der Waals surface area contributed by atoms with Gasteiger partial charge in [0.2, 0.25) is 0 Å². The van der Waals surface area contributed by atoms with E-state index >= 15 is 0 Å². The molecule has 2 rings (SSSR count). The van der Waals surface area contributed by atoms with Gasteiger partial charge in [0.05, 0.1) is 24.7 Å². The van der Waals surface area contributed by atoms with Crippen LogP contribution >= 0.6 is 0 Å². The molecular formula is C13H18N4O. The van der Waals surface area contributed by atoms with Gasteiger partial charge in [-0.2, -0.15) is 0 Å². The van der Waals surface area contributed by atoms with Gasteiger partial charge < -0.3 is 10.1 Å². The fourth-order valence-electron chi connectivity index (χ4n) is 1.73. The molecule has 0 aliphatic heterocycles. The second-order valence-electron chi connectivity index (χ2n) is 4.02. The third-order valence-corrected chi connectivity index (χ3v) is 2.65. The highest BCUT2D eigenvalue weighted by atomic mass is 16.5. The van der Waals surface area contributed by atoms with Gasteiger partial charge in [-0.3, -0.25) is 0 Å². The minimum absolute atomic E-state index is 0.762. The van der Waals surface area contributed by atoms with Gasteiger partial charge in [-0.25, -0.2) is 4.68 Å². The first-order chi connectivity index (χ1) is 8.85. The third kappa shape index (κ3) is 2.87. The van der Waals surface area contributed by atoms with E-state index in [1.165, 1.54) is 0 Å². The molecule has 0 unspecified atom stereocenters. The highest BCUT2D eigenvalue weighted by Gasteiger charge is 2.06. The van der Waals surface area contributed by atoms with E-state index in [1.54, 1.807) is 13.3 Å². The Morgan fingerprint density at radius 1 is 1.39 bits per heavy atom. The maximum Gasteiger partial charge on any atom is 0.121 e. The molecule has 0 saturated carbocycles. The molecule has 1 aromatic carbocycles. The summed E-state index contributed by atoms with van der Waals surface area (Å²) in [5.74, 6) is 0.815. The van der Waals surface area contributed by atoms with Crippen LogP contribution in [0.5, 0.6) is 5.75 Å². The summed E-state index contributed by atoms with van der Waals surface area (Å²) in [6, 6.07) is 7.78. The summed E-state index contributed by atoms with van der Waals surface area (Å²) < 4.78 is 7.04. The van der Waals surface area contributed by atoms with Crippen molar-refractivity contribution in [3.63, 3.8) is 0 Å². The van der Waals surface area contributed by atoms with Crippen LogP contribution in [0.15, 0.2) is 30.5 Å². The number of rotatable bonds is 6. The molecule has 1 aromatic heterocycles. The maximum absolute atomic E-state index is 5.21. The zero-order valence-corrected chi connectivity index (χ0v) is 10.8. The van der Waals surface area contributed by atoms with Gasteiger partial charge in [0.15, 0.2) is 0 Å². The number of nitrogens with zero attached hydrogens (tertiary/aromatic N) is 3. The molecule has 1 N–H and O–H groups in total. The van der Waals surface area contributed by atoms with E-state index in [0.717, 1.165) is 36.6 Å². The molecule has 0 aliphatic rings. The van der Waals surface area contributed by atoms with Crippen molar-refractivity contribution in [2.75, 3.05) is 13.7 Å². The Labute approximate surface area is 107 Å². The molecular weight excluding hydrogens is 228 g/mol. The highest BCUT2D eigenvalue weighted by Crippen LogP contribution is 2.16. The standard InChI is InChI=1S/C13H18N4O/c1-3-7-14-9-12-10-15-16-17(12)11-5-4-6-13(8-11)18-2/h4-6,8,10,14H,3,7,9H2,1-2H3. The average Bonchev–Trinajstić information content (AvgIpc) is 2.87. The van der Waals surface area contributed by atoms with Crippen LogP contribution in [0.1, 0.15) is 19.0 Å². The molecule has 5 heteroatoms. The summed E-state index contributed by atoms with van der Waals surface area (Å²) in [5, 5.41) is 11.4. The second-order valence-corrected chi connectivity index (χ2v) is 4.02. The van der Waals surface area contributed by atoms with E-state index in [-0.39, 0.29) is 0 Å². The predicted octanol–water partition coefficient (Wildman–Crippen LogP) is 1.78. The summed E-state index contributed by atoms with van der Waals surface area (Å²) in [6.07, 6.45) is 2.89. The van der Waals surface area contributed by atoms with Gasteiger partial charge in [0.25, 0.3) is 0 Å². The van der Waals surface area contributed by atoms with Gasteiger partial charge in [0.1, 0.15) is 5.75 Å². The Hall–Kier alpha value is -1.88. The molecule has 0 atom stereocenters. The van der Waals surface area contributed by atoms with Crippen LogP contribution in [0.2, 0.25) is 0 Å². The Morgan fingerprint density at radius 2 is 2.28 bits per heavy atom. The van der Waals surface area contributed by atoms with Gasteiger partial charge in [0, 0.05) is 12.6 Å². The SMILES string of the molecule is CCCNCc1cnnn1-c1cccc(OC)c1. The van der Waals surface area contributed by atoms with E-state index in [2.05, 4.69) is 22.6 Å². The van der Waals surface area contributed by atoms with Crippen molar-refractivity contribution in [1.82, 2.24) is 20.3 Å². The molecule has 1 heterocycles. The smallest absolute Gasteiger partial charge is 0.121 e. The molecule has 0 saturated heterocycles. The topological polar surface area (TPSA) is 52.0 Å². The summed E-state index contributed by atoms with van der Waals surface area (Å²) in [7, 11) is 1.66. The summed E-state index contributed by atoms with van der Waals surface area (Å²) in [5.41, 5.74) is 2.00. The molecule has 0 radical (unpaired) electrons. The fraction of sp³-hybridized carbons (Fsp3) is 0.385. The van der Waals surface area contributed by atoms with Crippen molar-refractivity contribution in [3.05, 3.63) is 36.2 Å². The van der Waals surface area contributed by atoms with Crippen LogP contribution in [0.25, 0.3) is 5.69 Å². The lowest BCUT2D eigenvalue weighted by atomic mass is 10.3. The van der Waals surface area contributed by atoms with Gasteiger partial charge >= 0.3 is 0 Å². The first-order valence-corrected chi connectivity index (χ1v) is 6.10. The summed E-state index contributed by atoms with van der Waals surface area (Å²) in [6.45, 7) is 3.89. The number of aromatic nitrogens is 3. The first kappa shape index (κ1) is 12.6. The predicted molar refractivity (Wildman–Crippen MR) is 69.9 cm³/mol. The van der Waals surface area contributed by atoms with E-state index in [0.29, 0.717) is 0 Å². The van der Waals surface area contributed by atoms with E-state index < -0.39 is 0 Å². The molecule has 18 heavy (non-hydrogen) atoms. The lowest BCUT2D eigenvalue weighted by Crippen LogP contribution is -2.16. The number of ether oxygens (including phenoxy) is 1. The molecule has 0 aliphatic carbocycles. The first-order valence-electron chi connectivity index (χ1n) is 6.10. The van der Waals surface area contributed by atoms with Crippen molar-refractivity contribution in [1.29, 1.82) is 0 Å². The van der Waals surface area contributed by atoms with Crippen molar-refractivity contribution in [2.45, 2.75) is 19.9 Å². The zero-order valence-electron chi connectivity index (χ0n) is 10.8. The highest BCUT2D eigenvalue weighted by molar-refractivity contribution is 5.39. The van der Waals surface area contributed by atoms with Crippen molar-refractivity contribution in [3.8, 4) is 11.4 Å². The number of nitrogens with one attached hydrogen (secondary N) is 1. The fourth-order valence-corrected chi connectivity index (χ4v) is 1.73. The van der Waals surface area contributed by atoms with Gasteiger partial charge in [-0.15, -0.1) is 5.10 Å². The Balaban J connectivity index is 2.19. The van der Waals surface area contributed by atoms with Crippen LogP contribution < -0.4 is 10.1 Å². The lowest BCUT2D eigenvalue weighted by molar-refractivity contribution is 0.414. The quantitative estimate of drug-likeness (QED) is 0.789. The number of methoxy groups -OCH3 is 1. The largest absolute Gasteiger partial charge is 0.497 e. The van der Waals surface area contributed by atoms with Crippen LogP contribution in [-0.4, -0.2) is 28.6 Å². The average molecular weight is 246 g/mol. The minimum atomic E-state index is 0.762. The Morgan fingerprint density at radius 3 is 3.06 bits per heavy atom. The number of benzene rings is 1. The van der Waals surface area contributed by atoms with Crippen LogP contribution in [0.4, 0.5) is 0 Å². The van der Waals surface area contributed by atoms with Crippen molar-refractivity contribution >= 4 is 0 Å². The molecule has 0 amide bonds. The number of hydrogen-bond donors (Lipinski definition) is 1. The molecule has 5 nitrogen and oxygen atoms in total. The van der Waals surface area contributed by atoms with Gasteiger partial charge in [-0.05, 0) is 25.1 Å². The molecule has 0 spiro atoms. The minimum Gasteiger partial charge on any atom is -0.497 e. The van der Waals surface area contributed by atoms with Crippen LogP contribution in [0.3, 0.4) is 0 Å². The van der Waals surface area contributed by atoms with Gasteiger partial charge in [-0.1, -0.05) is 18.2 Å². The lowest BCUT2D eigenvalue weighted by Gasteiger charge is -2.08. The number of hydrogen-bond acceptors (Lipinski definition) is 4. The molecule has 96 valence electrons. The molecule has 0 bridgehead atoms. The second kappa shape index (κ2) is 6.16. The molecule has 2 aromatic rings. The summed E-state index contributed by atoms with van der Waals surface area (Å²) in [4.78, 5) is 0. The molecule has 0 fully saturated rings. The monoisotopic (exact) mass is 246 g/mol. The summed E-state index contributed by atoms with van der Waals surface area (Å²) >= 11 is 0. The van der Waals surface area contributed by atoms with Crippen molar-refractivity contribution in [2.24, 2.45) is 0 Å². The van der Waals surface area contributed by atoms with E-state index in [4.69, 9.17) is 4.74 Å². The van der Waals surface area contributed by atoms with E-state index in [9.17, 15) is 0 Å². The Bertz CT molecular complexity index is 495. The normalized spacial score (nSPS) is 10.6. The maximum atomic E-state index is 5.21. The van der Waals surface area contributed by atoms with Crippen LogP contribution in [-0.2, 0) is 6.54 Å². The van der Waals surface area contributed by atoms with E-state index in [1.807, 2.05) is 28.9 Å². The third-order valence-electron chi connectivity index (χ3n) is 2.65. The zero-order chi connectivity index (χ0) is 12.8.